The van der Waals surface area contributed by atoms with E-state index >= 15 is 0 Å². The molecule has 0 saturated carbocycles. The number of amides is 1. The summed E-state index contributed by atoms with van der Waals surface area (Å²) in [6.07, 6.45) is 2.46. The summed E-state index contributed by atoms with van der Waals surface area (Å²) in [6.45, 7) is 1.37. The maximum atomic E-state index is 11.7. The fourth-order valence-corrected chi connectivity index (χ4v) is 2.91. The van der Waals surface area contributed by atoms with E-state index in [1.165, 1.54) is 5.39 Å². The fraction of sp³-hybridized carbons (Fsp3) is 0.286. The molecule has 1 fully saturated rings. The van der Waals surface area contributed by atoms with Gasteiger partial charge in [-0.1, -0.05) is 40.2 Å². The quantitative estimate of drug-likeness (QED) is 0.799. The van der Waals surface area contributed by atoms with Crippen LogP contribution in [0.3, 0.4) is 0 Å². The molecule has 0 bridgehead atoms. The summed E-state index contributed by atoms with van der Waals surface area (Å²) >= 11 is 3.49. The monoisotopic (exact) mass is 304 g/mol. The lowest BCUT2D eigenvalue weighted by Gasteiger charge is -2.15. The first-order valence-electron chi connectivity index (χ1n) is 5.98. The molecule has 1 aliphatic heterocycles. The van der Waals surface area contributed by atoms with Crippen LogP contribution in [0.15, 0.2) is 36.5 Å². The molecule has 1 atom stereocenters. The number of benzene rings is 1. The number of alkyl halides is 1. The van der Waals surface area contributed by atoms with Gasteiger partial charge < -0.3 is 4.90 Å². The number of hydrogen-bond donors (Lipinski definition) is 0. The molecule has 92 valence electrons. The van der Waals surface area contributed by atoms with Crippen LogP contribution in [0.4, 0.5) is 0 Å². The van der Waals surface area contributed by atoms with Gasteiger partial charge in [0.15, 0.2) is 0 Å². The maximum Gasteiger partial charge on any atom is 0.224 e. The summed E-state index contributed by atoms with van der Waals surface area (Å²) in [5, 5.41) is 2.30. The highest BCUT2D eigenvalue weighted by atomic mass is 79.9. The molecule has 18 heavy (non-hydrogen) atoms. The summed E-state index contributed by atoms with van der Waals surface area (Å²) in [5.41, 5.74) is 0.948. The van der Waals surface area contributed by atoms with Crippen LogP contribution in [0.2, 0.25) is 0 Å². The van der Waals surface area contributed by atoms with Crippen LogP contribution < -0.4 is 0 Å². The van der Waals surface area contributed by atoms with Gasteiger partial charge in [-0.15, -0.1) is 0 Å². The van der Waals surface area contributed by atoms with Crippen LogP contribution in [0, 0.1) is 0 Å². The summed E-state index contributed by atoms with van der Waals surface area (Å²) in [6, 6.07) is 10.2. The molecule has 4 heteroatoms. The molecular weight excluding hydrogens is 292 g/mol. The molecule has 0 radical (unpaired) electrons. The van der Waals surface area contributed by atoms with Crippen LogP contribution in [0.5, 0.6) is 0 Å². The van der Waals surface area contributed by atoms with Gasteiger partial charge in [-0.3, -0.25) is 9.78 Å². The van der Waals surface area contributed by atoms with Crippen molar-refractivity contribution < 1.29 is 4.79 Å². The Kier molecular flexibility index (Phi) is 3.04. The minimum Gasteiger partial charge on any atom is -0.336 e. The summed E-state index contributed by atoms with van der Waals surface area (Å²) in [4.78, 5) is 18.3. The Balaban J connectivity index is 1.84. The number of pyridine rings is 1. The van der Waals surface area contributed by atoms with Crippen LogP contribution in [0.25, 0.3) is 10.8 Å². The SMILES string of the molecule is O=C1CC(Br)CN1Cc1cc2ccccc2cn1. The largest absolute Gasteiger partial charge is 0.336 e. The number of likely N-dealkylation sites (tertiary alicyclic amines) is 1. The molecule has 0 spiro atoms. The average Bonchev–Trinajstić information content (AvgIpc) is 2.68. The van der Waals surface area contributed by atoms with Crippen molar-refractivity contribution in [2.45, 2.75) is 17.8 Å². The van der Waals surface area contributed by atoms with Crippen molar-refractivity contribution in [1.82, 2.24) is 9.88 Å². The van der Waals surface area contributed by atoms with E-state index in [4.69, 9.17) is 0 Å². The van der Waals surface area contributed by atoms with Crippen molar-refractivity contribution in [2.75, 3.05) is 6.54 Å². The van der Waals surface area contributed by atoms with E-state index in [9.17, 15) is 4.79 Å². The van der Waals surface area contributed by atoms with Gasteiger partial charge in [-0.25, -0.2) is 0 Å². The zero-order valence-corrected chi connectivity index (χ0v) is 11.4. The topological polar surface area (TPSA) is 33.2 Å². The molecule has 3 rings (SSSR count). The molecule has 1 saturated heterocycles. The Bertz CT molecular complexity index is 599. The van der Waals surface area contributed by atoms with Gasteiger partial charge in [-0.2, -0.15) is 0 Å². The normalized spacial score (nSPS) is 19.7. The standard InChI is InChI=1S/C14H13BrN2O/c15-12-6-14(18)17(8-12)9-13-5-10-3-1-2-4-11(10)7-16-13/h1-5,7,12H,6,8-9H2. The Morgan fingerprint density at radius 3 is 2.83 bits per heavy atom. The molecule has 1 aliphatic rings. The Morgan fingerprint density at radius 1 is 1.33 bits per heavy atom. The van der Waals surface area contributed by atoms with Crippen LogP contribution in [-0.4, -0.2) is 27.2 Å². The molecule has 0 aliphatic carbocycles. The number of nitrogens with zero attached hydrogens (tertiary/aromatic N) is 2. The van der Waals surface area contributed by atoms with E-state index in [1.54, 1.807) is 0 Å². The smallest absolute Gasteiger partial charge is 0.224 e. The van der Waals surface area contributed by atoms with E-state index in [1.807, 2.05) is 29.3 Å². The number of fused-ring (bicyclic) bond motifs is 1. The fourth-order valence-electron chi connectivity index (χ4n) is 2.29. The van der Waals surface area contributed by atoms with E-state index in [0.717, 1.165) is 17.6 Å². The third-order valence-electron chi connectivity index (χ3n) is 3.21. The molecule has 2 aromatic rings. The first kappa shape index (κ1) is 11.7. The molecular formula is C14H13BrN2O. The molecule has 1 amide bonds. The van der Waals surface area contributed by atoms with E-state index in [2.05, 4.69) is 33.0 Å². The Labute approximate surface area is 114 Å². The van der Waals surface area contributed by atoms with Crippen LogP contribution in [-0.2, 0) is 11.3 Å². The minimum atomic E-state index is 0.201. The van der Waals surface area contributed by atoms with Gasteiger partial charge in [0.05, 0.1) is 12.2 Å². The van der Waals surface area contributed by atoms with Gasteiger partial charge in [0.2, 0.25) is 5.91 Å². The number of hydrogen-bond acceptors (Lipinski definition) is 2. The first-order chi connectivity index (χ1) is 8.72. The zero-order chi connectivity index (χ0) is 12.5. The number of carbonyl (C=O) groups excluding carboxylic acids is 1. The third-order valence-corrected chi connectivity index (χ3v) is 3.82. The molecule has 2 heterocycles. The average molecular weight is 305 g/mol. The number of halogens is 1. The second-order valence-electron chi connectivity index (χ2n) is 4.60. The molecule has 3 nitrogen and oxygen atoms in total. The van der Waals surface area contributed by atoms with E-state index in [-0.39, 0.29) is 10.7 Å². The van der Waals surface area contributed by atoms with Gasteiger partial charge in [-0.05, 0) is 11.5 Å². The van der Waals surface area contributed by atoms with Crippen LogP contribution >= 0.6 is 15.9 Å². The van der Waals surface area contributed by atoms with E-state index in [0.29, 0.717) is 13.0 Å². The lowest BCUT2D eigenvalue weighted by molar-refractivity contribution is -0.128. The lowest BCUT2D eigenvalue weighted by Crippen LogP contribution is -2.25. The van der Waals surface area contributed by atoms with Crippen molar-refractivity contribution in [3.8, 4) is 0 Å². The van der Waals surface area contributed by atoms with Gasteiger partial charge >= 0.3 is 0 Å². The first-order valence-corrected chi connectivity index (χ1v) is 6.89. The molecule has 1 aromatic carbocycles. The summed E-state index contributed by atoms with van der Waals surface area (Å²) < 4.78 is 0. The van der Waals surface area contributed by atoms with Gasteiger partial charge in [0.1, 0.15) is 0 Å². The Morgan fingerprint density at radius 2 is 2.11 bits per heavy atom. The number of aromatic nitrogens is 1. The van der Waals surface area contributed by atoms with Gasteiger partial charge in [0.25, 0.3) is 0 Å². The highest BCUT2D eigenvalue weighted by Gasteiger charge is 2.27. The molecule has 1 unspecified atom stereocenters. The minimum absolute atomic E-state index is 0.201. The van der Waals surface area contributed by atoms with Gasteiger partial charge in [0, 0.05) is 29.4 Å². The van der Waals surface area contributed by atoms with Crippen LogP contribution in [0.1, 0.15) is 12.1 Å². The Hall–Kier alpha value is -1.42. The lowest BCUT2D eigenvalue weighted by atomic mass is 10.1. The van der Waals surface area contributed by atoms with Crippen molar-refractivity contribution in [2.24, 2.45) is 0 Å². The predicted molar refractivity (Wildman–Crippen MR) is 74.5 cm³/mol. The highest BCUT2D eigenvalue weighted by molar-refractivity contribution is 9.09. The highest BCUT2D eigenvalue weighted by Crippen LogP contribution is 2.21. The van der Waals surface area contributed by atoms with E-state index < -0.39 is 0 Å². The number of carbonyl (C=O) groups is 1. The second kappa shape index (κ2) is 4.69. The third kappa shape index (κ3) is 2.25. The summed E-state index contributed by atoms with van der Waals surface area (Å²) in [7, 11) is 0. The molecule has 1 aromatic heterocycles. The van der Waals surface area contributed by atoms with Crippen molar-refractivity contribution in [3.05, 3.63) is 42.2 Å². The number of rotatable bonds is 2. The van der Waals surface area contributed by atoms with Crippen molar-refractivity contribution in [1.29, 1.82) is 0 Å². The maximum absolute atomic E-state index is 11.7. The summed E-state index contributed by atoms with van der Waals surface area (Å²) in [5.74, 6) is 0.201. The van der Waals surface area contributed by atoms with Crippen molar-refractivity contribution in [3.63, 3.8) is 0 Å². The predicted octanol–water partition coefficient (Wildman–Crippen LogP) is 2.73. The zero-order valence-electron chi connectivity index (χ0n) is 9.84. The second-order valence-corrected chi connectivity index (χ2v) is 5.89. The molecule has 0 N–H and O–H groups in total. The van der Waals surface area contributed by atoms with Crippen molar-refractivity contribution >= 4 is 32.6 Å².